The van der Waals surface area contributed by atoms with Crippen molar-refractivity contribution in [1.29, 1.82) is 0 Å². The van der Waals surface area contributed by atoms with Gasteiger partial charge < -0.3 is 15.3 Å². The number of amides is 2. The van der Waals surface area contributed by atoms with Crippen LogP contribution in [-0.2, 0) is 0 Å². The van der Waals surface area contributed by atoms with Crippen LogP contribution in [0, 0.1) is 5.92 Å². The third-order valence-electron chi connectivity index (χ3n) is 4.36. The number of hydrogen-bond acceptors (Lipinski definition) is 4. The summed E-state index contributed by atoms with van der Waals surface area (Å²) < 4.78 is 0. The summed E-state index contributed by atoms with van der Waals surface area (Å²) in [5.41, 5.74) is 0.580. The molecule has 2 amide bonds. The van der Waals surface area contributed by atoms with E-state index in [1.165, 1.54) is 11.3 Å². The molecule has 0 bridgehead atoms. The normalized spacial score (nSPS) is 20.6. The van der Waals surface area contributed by atoms with E-state index >= 15 is 0 Å². The number of nitrogens with one attached hydrogen (secondary N) is 1. The lowest BCUT2D eigenvalue weighted by molar-refractivity contribution is 0.0545. The summed E-state index contributed by atoms with van der Waals surface area (Å²) in [7, 11) is 0. The molecule has 6 heteroatoms. The van der Waals surface area contributed by atoms with Gasteiger partial charge in [-0.2, -0.15) is 0 Å². The average Bonchev–Trinajstić information content (AvgIpc) is 3.16. The van der Waals surface area contributed by atoms with Crippen molar-refractivity contribution in [2.75, 3.05) is 19.7 Å². The van der Waals surface area contributed by atoms with Crippen molar-refractivity contribution in [3.05, 3.63) is 58.3 Å². The van der Waals surface area contributed by atoms with Gasteiger partial charge >= 0.3 is 0 Å². The minimum absolute atomic E-state index is 0.000763. The van der Waals surface area contributed by atoms with Crippen molar-refractivity contribution < 1.29 is 14.7 Å². The highest BCUT2D eigenvalue weighted by Gasteiger charge is 2.32. The number of benzene rings is 1. The standard InChI is InChI=1S/C18H20N2O3S/c21-12-14-8-9-20(18(23)16-7-4-10-24-16)11-15(14)19-17(22)13-5-2-1-3-6-13/h1-7,10,14-15,21H,8-9,11-12H2,(H,19,22)/t14-,15-/m1/s1. The van der Waals surface area contributed by atoms with Crippen LogP contribution in [0.5, 0.6) is 0 Å². The van der Waals surface area contributed by atoms with Gasteiger partial charge in [0.05, 0.1) is 10.9 Å². The topological polar surface area (TPSA) is 69.6 Å². The molecule has 5 nitrogen and oxygen atoms in total. The number of carbonyl (C=O) groups is 2. The monoisotopic (exact) mass is 344 g/mol. The van der Waals surface area contributed by atoms with Crippen LogP contribution in [0.1, 0.15) is 26.5 Å². The largest absolute Gasteiger partial charge is 0.396 e. The summed E-state index contributed by atoms with van der Waals surface area (Å²) in [6, 6.07) is 12.4. The summed E-state index contributed by atoms with van der Waals surface area (Å²) in [6.45, 7) is 1.01. The number of aliphatic hydroxyl groups excluding tert-OH is 1. The molecule has 3 rings (SSSR count). The van der Waals surface area contributed by atoms with Gasteiger partial charge in [0.15, 0.2) is 0 Å². The van der Waals surface area contributed by atoms with E-state index in [1.54, 1.807) is 17.0 Å². The molecule has 2 aromatic rings. The van der Waals surface area contributed by atoms with Gasteiger partial charge in [-0.1, -0.05) is 24.3 Å². The van der Waals surface area contributed by atoms with Gasteiger partial charge in [0.25, 0.3) is 11.8 Å². The SMILES string of the molecule is O=C(N[C@@H]1CN(C(=O)c2cccs2)CC[C@@H]1CO)c1ccccc1. The Morgan fingerprint density at radius 3 is 2.67 bits per heavy atom. The Bertz CT molecular complexity index is 688. The maximum atomic E-state index is 12.5. The Hall–Kier alpha value is -2.18. The second kappa shape index (κ2) is 7.59. The zero-order valence-electron chi connectivity index (χ0n) is 13.2. The van der Waals surface area contributed by atoms with E-state index in [0.29, 0.717) is 30.0 Å². The first-order valence-corrected chi connectivity index (χ1v) is 8.86. The van der Waals surface area contributed by atoms with Crippen LogP contribution in [0.2, 0.25) is 0 Å². The second-order valence-corrected chi connectivity index (χ2v) is 6.85. The molecule has 0 radical (unpaired) electrons. The number of piperidine rings is 1. The lowest BCUT2D eigenvalue weighted by atomic mass is 9.91. The highest BCUT2D eigenvalue weighted by Crippen LogP contribution is 2.21. The van der Waals surface area contributed by atoms with Crippen LogP contribution in [-0.4, -0.2) is 47.6 Å². The maximum absolute atomic E-state index is 12.5. The van der Waals surface area contributed by atoms with E-state index in [1.807, 2.05) is 35.7 Å². The van der Waals surface area contributed by atoms with Gasteiger partial charge in [0.2, 0.25) is 0 Å². The minimum atomic E-state index is -0.250. The Kier molecular flexibility index (Phi) is 5.27. The highest BCUT2D eigenvalue weighted by atomic mass is 32.1. The maximum Gasteiger partial charge on any atom is 0.263 e. The van der Waals surface area contributed by atoms with Crippen LogP contribution in [0.4, 0.5) is 0 Å². The van der Waals surface area contributed by atoms with Crippen molar-refractivity contribution in [3.63, 3.8) is 0 Å². The molecule has 0 aliphatic carbocycles. The van der Waals surface area contributed by atoms with E-state index in [9.17, 15) is 14.7 Å². The summed E-state index contributed by atoms with van der Waals surface area (Å²) >= 11 is 1.42. The Morgan fingerprint density at radius 1 is 1.21 bits per heavy atom. The molecule has 24 heavy (non-hydrogen) atoms. The summed E-state index contributed by atoms with van der Waals surface area (Å²) in [6.07, 6.45) is 0.674. The molecule has 1 aliphatic rings. The fourth-order valence-corrected chi connectivity index (χ4v) is 3.66. The predicted molar refractivity (Wildman–Crippen MR) is 93.1 cm³/mol. The van der Waals surface area contributed by atoms with Crippen LogP contribution >= 0.6 is 11.3 Å². The molecule has 1 aliphatic heterocycles. The highest BCUT2D eigenvalue weighted by molar-refractivity contribution is 7.12. The van der Waals surface area contributed by atoms with Gasteiger partial charge in [-0.3, -0.25) is 9.59 Å². The molecule has 1 aromatic carbocycles. The Labute approximate surface area is 144 Å². The molecular formula is C18H20N2O3S. The van der Waals surface area contributed by atoms with E-state index in [0.717, 1.165) is 0 Å². The summed E-state index contributed by atoms with van der Waals surface area (Å²) in [5, 5.41) is 14.5. The zero-order valence-corrected chi connectivity index (χ0v) is 14.0. The van der Waals surface area contributed by atoms with E-state index < -0.39 is 0 Å². The number of rotatable bonds is 4. The molecule has 2 N–H and O–H groups in total. The fraction of sp³-hybridized carbons (Fsp3) is 0.333. The van der Waals surface area contributed by atoms with Crippen LogP contribution in [0.25, 0.3) is 0 Å². The number of carbonyl (C=O) groups excluding carboxylic acids is 2. The average molecular weight is 344 g/mol. The lowest BCUT2D eigenvalue weighted by Crippen LogP contribution is -2.54. The van der Waals surface area contributed by atoms with E-state index in [2.05, 4.69) is 5.32 Å². The molecule has 0 saturated carbocycles. The molecule has 2 atom stereocenters. The molecule has 2 heterocycles. The number of likely N-dealkylation sites (tertiary alicyclic amines) is 1. The summed E-state index contributed by atoms with van der Waals surface area (Å²) in [4.78, 5) is 27.4. The first kappa shape index (κ1) is 16.7. The van der Waals surface area contributed by atoms with Gasteiger partial charge in [-0.05, 0) is 30.0 Å². The Morgan fingerprint density at radius 2 is 2.00 bits per heavy atom. The van der Waals surface area contributed by atoms with Crippen LogP contribution in [0.15, 0.2) is 47.8 Å². The number of hydrogen-bond donors (Lipinski definition) is 2. The van der Waals surface area contributed by atoms with Gasteiger partial charge in [0, 0.05) is 31.2 Å². The van der Waals surface area contributed by atoms with Crippen LogP contribution < -0.4 is 5.32 Å². The molecular weight excluding hydrogens is 324 g/mol. The first-order valence-electron chi connectivity index (χ1n) is 7.98. The first-order chi connectivity index (χ1) is 11.7. The van der Waals surface area contributed by atoms with Crippen molar-refractivity contribution in [1.82, 2.24) is 10.2 Å². The van der Waals surface area contributed by atoms with E-state index in [4.69, 9.17) is 0 Å². The van der Waals surface area contributed by atoms with Crippen molar-refractivity contribution in [3.8, 4) is 0 Å². The Balaban J connectivity index is 1.69. The second-order valence-electron chi connectivity index (χ2n) is 5.91. The molecule has 1 fully saturated rings. The van der Waals surface area contributed by atoms with Crippen molar-refractivity contribution in [2.45, 2.75) is 12.5 Å². The smallest absolute Gasteiger partial charge is 0.263 e. The van der Waals surface area contributed by atoms with E-state index in [-0.39, 0.29) is 30.4 Å². The molecule has 0 unspecified atom stereocenters. The lowest BCUT2D eigenvalue weighted by Gasteiger charge is -2.38. The number of nitrogens with zero attached hydrogens (tertiary/aromatic N) is 1. The van der Waals surface area contributed by atoms with Crippen molar-refractivity contribution in [2.24, 2.45) is 5.92 Å². The third kappa shape index (κ3) is 3.66. The van der Waals surface area contributed by atoms with Crippen molar-refractivity contribution >= 4 is 23.2 Å². The predicted octanol–water partition coefficient (Wildman–Crippen LogP) is 2.00. The van der Waals surface area contributed by atoms with Gasteiger partial charge in [-0.15, -0.1) is 11.3 Å². The van der Waals surface area contributed by atoms with Gasteiger partial charge in [0.1, 0.15) is 0 Å². The quantitative estimate of drug-likeness (QED) is 0.891. The van der Waals surface area contributed by atoms with Crippen LogP contribution in [0.3, 0.4) is 0 Å². The molecule has 1 saturated heterocycles. The number of thiophene rings is 1. The summed E-state index contributed by atoms with van der Waals surface area (Å²) in [5.74, 6) is -0.227. The third-order valence-corrected chi connectivity index (χ3v) is 5.22. The molecule has 1 aromatic heterocycles. The molecule has 0 spiro atoms. The molecule has 126 valence electrons. The fourth-order valence-electron chi connectivity index (χ4n) is 2.96. The minimum Gasteiger partial charge on any atom is -0.396 e. The zero-order chi connectivity index (χ0) is 16.9. The number of aliphatic hydroxyl groups is 1. The van der Waals surface area contributed by atoms with Gasteiger partial charge in [-0.25, -0.2) is 0 Å².